The highest BCUT2D eigenvalue weighted by atomic mass is 35.5. The third-order valence-electron chi connectivity index (χ3n) is 7.72. The number of carbonyl (C=O) groups excluding carboxylic acids is 1. The first-order chi connectivity index (χ1) is 19.8. The van der Waals surface area contributed by atoms with Crippen molar-refractivity contribution in [2.75, 3.05) is 0 Å². The molecule has 0 radical (unpaired) electrons. The summed E-state index contributed by atoms with van der Waals surface area (Å²) in [6.07, 6.45) is 2.53. The Kier molecular flexibility index (Phi) is 9.34. The number of aromatic nitrogens is 1. The number of nitrogens with zero attached hydrogens (tertiary/aromatic N) is 1. The first-order valence-electron chi connectivity index (χ1n) is 13.6. The summed E-state index contributed by atoms with van der Waals surface area (Å²) in [5, 5.41) is 2.28. The van der Waals surface area contributed by atoms with Gasteiger partial charge in [-0.05, 0) is 84.5 Å². The van der Waals surface area contributed by atoms with E-state index >= 15 is 0 Å². The minimum Gasteiger partial charge on any atom is -0.487 e. The standard InChI is InChI=1S/C35H31Cl2NO2S/c1-35(22-4-5-24-8-15-28(36)16-9-24,33(34(39)41)26-10-17-29(37)18-11-26)27-13-20-31(21-14-27)40-23-30-19-12-25-6-2-3-7-32(25)38-30/h2-3,6-21,33H,4-5,22-23H2,1H3,(H,39,41). The number of benzene rings is 4. The highest BCUT2D eigenvalue weighted by molar-refractivity contribution is 7.96. The Morgan fingerprint density at radius 1 is 0.854 bits per heavy atom. The number of halogens is 2. The molecule has 0 saturated carbocycles. The van der Waals surface area contributed by atoms with Crippen LogP contribution in [0, 0.1) is 0 Å². The van der Waals surface area contributed by atoms with Gasteiger partial charge >= 0.3 is 0 Å². The van der Waals surface area contributed by atoms with Gasteiger partial charge in [-0.3, -0.25) is 4.79 Å². The summed E-state index contributed by atoms with van der Waals surface area (Å²) < 4.78 is 6.09. The number of ether oxygens (including phenoxy) is 1. The van der Waals surface area contributed by atoms with Gasteiger partial charge in [-0.25, -0.2) is 4.98 Å². The van der Waals surface area contributed by atoms with Gasteiger partial charge in [0.05, 0.1) is 17.1 Å². The highest BCUT2D eigenvalue weighted by Gasteiger charge is 2.40. The van der Waals surface area contributed by atoms with E-state index in [0.29, 0.717) is 11.6 Å². The smallest absolute Gasteiger partial charge is 0.194 e. The minimum atomic E-state index is -0.516. The molecule has 208 valence electrons. The number of para-hydroxylation sites is 1. The van der Waals surface area contributed by atoms with Crippen LogP contribution in [-0.2, 0) is 23.2 Å². The van der Waals surface area contributed by atoms with Crippen LogP contribution in [0.3, 0.4) is 0 Å². The normalized spacial score (nSPS) is 13.5. The van der Waals surface area contributed by atoms with Gasteiger partial charge in [-0.1, -0.05) is 90.8 Å². The van der Waals surface area contributed by atoms with Gasteiger partial charge < -0.3 is 4.74 Å². The van der Waals surface area contributed by atoms with Crippen LogP contribution >= 0.6 is 35.8 Å². The predicted molar refractivity (Wildman–Crippen MR) is 172 cm³/mol. The van der Waals surface area contributed by atoms with Crippen molar-refractivity contribution >= 4 is 51.8 Å². The Hall–Kier alpha value is -3.31. The fourth-order valence-electron chi connectivity index (χ4n) is 5.48. The van der Waals surface area contributed by atoms with E-state index in [2.05, 4.69) is 49.9 Å². The van der Waals surface area contributed by atoms with Gasteiger partial charge in [0.2, 0.25) is 0 Å². The maximum Gasteiger partial charge on any atom is 0.194 e. The molecule has 0 fully saturated rings. The minimum absolute atomic E-state index is 0.177. The molecule has 0 saturated heterocycles. The summed E-state index contributed by atoms with van der Waals surface area (Å²) in [5.41, 5.74) is 4.45. The SMILES string of the molecule is CC(CCCc1ccc(Cl)cc1)(c1ccc(OCc2ccc3ccccc3n2)cc1)C(C(=O)S)c1ccc(Cl)cc1. The summed E-state index contributed by atoms with van der Waals surface area (Å²) in [4.78, 5) is 17.8. The number of hydrogen-bond acceptors (Lipinski definition) is 3. The molecule has 1 heterocycles. The number of pyridine rings is 1. The number of rotatable bonds is 11. The zero-order valence-electron chi connectivity index (χ0n) is 22.8. The molecule has 1 aromatic heterocycles. The summed E-state index contributed by atoms with van der Waals surface area (Å²) in [7, 11) is 0. The molecule has 4 aromatic carbocycles. The summed E-state index contributed by atoms with van der Waals surface area (Å²) in [6, 6.07) is 35.6. The topological polar surface area (TPSA) is 39.2 Å². The van der Waals surface area contributed by atoms with E-state index in [9.17, 15) is 4.79 Å². The number of fused-ring (bicyclic) bond motifs is 1. The molecule has 5 aromatic rings. The van der Waals surface area contributed by atoms with Crippen molar-refractivity contribution in [1.29, 1.82) is 0 Å². The first-order valence-corrected chi connectivity index (χ1v) is 14.8. The Bertz CT molecular complexity index is 1620. The van der Waals surface area contributed by atoms with E-state index in [1.165, 1.54) is 5.56 Å². The first kappa shape index (κ1) is 29.2. The van der Waals surface area contributed by atoms with Crippen LogP contribution in [0.5, 0.6) is 5.75 Å². The Morgan fingerprint density at radius 2 is 1.51 bits per heavy atom. The van der Waals surface area contributed by atoms with E-state index in [0.717, 1.165) is 57.8 Å². The Labute approximate surface area is 256 Å². The van der Waals surface area contributed by atoms with Gasteiger partial charge in [0.1, 0.15) is 12.4 Å². The van der Waals surface area contributed by atoms with E-state index in [1.807, 2.05) is 78.9 Å². The van der Waals surface area contributed by atoms with E-state index in [1.54, 1.807) is 0 Å². The molecule has 5 rings (SSSR count). The lowest BCUT2D eigenvalue weighted by atomic mass is 9.66. The quantitative estimate of drug-likeness (QED) is 0.154. The highest BCUT2D eigenvalue weighted by Crippen LogP contribution is 2.45. The second kappa shape index (κ2) is 13.1. The molecular formula is C35H31Cl2NO2S. The van der Waals surface area contributed by atoms with Crippen LogP contribution in [0.2, 0.25) is 10.0 Å². The summed E-state index contributed by atoms with van der Waals surface area (Å²) in [6.45, 7) is 2.52. The van der Waals surface area contributed by atoms with E-state index < -0.39 is 11.3 Å². The van der Waals surface area contributed by atoms with Gasteiger partial charge in [0, 0.05) is 20.8 Å². The Balaban J connectivity index is 1.38. The molecule has 3 nitrogen and oxygen atoms in total. The van der Waals surface area contributed by atoms with Crippen molar-refractivity contribution in [3.63, 3.8) is 0 Å². The molecule has 0 aliphatic carbocycles. The second-order valence-corrected chi connectivity index (χ2v) is 11.8. The molecule has 0 N–H and O–H groups in total. The lowest BCUT2D eigenvalue weighted by molar-refractivity contribution is -0.113. The molecule has 0 aliphatic rings. The molecule has 0 amide bonds. The summed E-state index contributed by atoms with van der Waals surface area (Å²) >= 11 is 16.6. The van der Waals surface area contributed by atoms with Crippen molar-refractivity contribution in [3.05, 3.63) is 142 Å². The maximum absolute atomic E-state index is 13.1. The lowest BCUT2D eigenvalue weighted by Gasteiger charge is -2.37. The van der Waals surface area contributed by atoms with Crippen molar-refractivity contribution in [1.82, 2.24) is 4.98 Å². The van der Waals surface area contributed by atoms with Gasteiger partial charge in [-0.15, -0.1) is 12.6 Å². The van der Waals surface area contributed by atoms with Crippen molar-refractivity contribution in [2.24, 2.45) is 0 Å². The lowest BCUT2D eigenvalue weighted by Crippen LogP contribution is -2.34. The average molecular weight is 601 g/mol. The van der Waals surface area contributed by atoms with Crippen molar-refractivity contribution in [2.45, 2.75) is 44.1 Å². The monoisotopic (exact) mass is 599 g/mol. The van der Waals surface area contributed by atoms with Crippen molar-refractivity contribution < 1.29 is 9.53 Å². The van der Waals surface area contributed by atoms with Crippen LogP contribution in [0.25, 0.3) is 10.9 Å². The zero-order chi connectivity index (χ0) is 28.8. The second-order valence-electron chi connectivity index (χ2n) is 10.5. The van der Waals surface area contributed by atoms with Crippen molar-refractivity contribution in [3.8, 4) is 5.75 Å². The van der Waals surface area contributed by atoms with Crippen LogP contribution in [0.4, 0.5) is 0 Å². The molecule has 0 spiro atoms. The van der Waals surface area contributed by atoms with E-state index in [-0.39, 0.29) is 5.12 Å². The zero-order valence-corrected chi connectivity index (χ0v) is 25.2. The van der Waals surface area contributed by atoms with Crippen LogP contribution in [-0.4, -0.2) is 10.1 Å². The van der Waals surface area contributed by atoms with Gasteiger partial charge in [0.25, 0.3) is 0 Å². The average Bonchev–Trinajstić information content (AvgIpc) is 2.98. The molecule has 2 atom stereocenters. The van der Waals surface area contributed by atoms with Gasteiger partial charge in [-0.2, -0.15) is 0 Å². The fourth-order valence-corrected chi connectivity index (χ4v) is 6.17. The van der Waals surface area contributed by atoms with Crippen LogP contribution in [0.15, 0.2) is 109 Å². The molecule has 2 unspecified atom stereocenters. The predicted octanol–water partition coefficient (Wildman–Crippen LogP) is 9.64. The van der Waals surface area contributed by atoms with E-state index in [4.69, 9.17) is 32.9 Å². The number of carbonyl (C=O) groups is 1. The molecular weight excluding hydrogens is 569 g/mol. The van der Waals surface area contributed by atoms with Crippen LogP contribution in [0.1, 0.15) is 48.1 Å². The molecule has 0 aliphatic heterocycles. The third-order valence-corrected chi connectivity index (χ3v) is 8.48. The number of hydrogen-bond donors (Lipinski definition) is 1. The van der Waals surface area contributed by atoms with Crippen LogP contribution < -0.4 is 4.74 Å². The molecule has 41 heavy (non-hydrogen) atoms. The molecule has 0 bridgehead atoms. The number of aryl methyl sites for hydroxylation is 1. The maximum atomic E-state index is 13.1. The Morgan fingerprint density at radius 3 is 2.20 bits per heavy atom. The summed E-state index contributed by atoms with van der Waals surface area (Å²) in [5.74, 6) is 0.286. The largest absolute Gasteiger partial charge is 0.487 e. The third kappa shape index (κ3) is 7.13. The molecule has 6 heteroatoms. The fraction of sp³-hybridized carbons (Fsp3) is 0.200. The number of thiol groups is 1. The van der Waals surface area contributed by atoms with Gasteiger partial charge in [0.15, 0.2) is 5.12 Å².